The molecule has 6 heteroatoms. The van der Waals surface area contributed by atoms with Crippen LogP contribution in [0.2, 0.25) is 0 Å². The summed E-state index contributed by atoms with van der Waals surface area (Å²) in [5.41, 5.74) is 8.49. The van der Waals surface area contributed by atoms with E-state index in [1.165, 1.54) is 0 Å². The summed E-state index contributed by atoms with van der Waals surface area (Å²) in [5, 5.41) is 8.51. The van der Waals surface area contributed by atoms with Crippen LogP contribution in [-0.4, -0.2) is 41.4 Å². The molecule has 0 aromatic heterocycles. The number of hydrazine groups is 1. The summed E-state index contributed by atoms with van der Waals surface area (Å²) < 4.78 is 1.91. The number of rotatable bonds is 8. The molecule has 14 heavy (non-hydrogen) atoms. The van der Waals surface area contributed by atoms with Crippen LogP contribution in [0.3, 0.4) is 0 Å². The molecular formula is C8H19N3O2S. The zero-order valence-electron chi connectivity index (χ0n) is 8.69. The number of aliphatic carboxylic acids is 1. The van der Waals surface area contributed by atoms with Gasteiger partial charge in [0.1, 0.15) is 6.04 Å². The van der Waals surface area contributed by atoms with Gasteiger partial charge in [-0.3, -0.25) is 4.79 Å². The number of hydrogen-bond donors (Lipinski definition) is 3. The van der Waals surface area contributed by atoms with Gasteiger partial charge >= 0.3 is 5.97 Å². The van der Waals surface area contributed by atoms with Crippen molar-refractivity contribution in [1.29, 1.82) is 0 Å². The SMILES string of the molecule is CSN(C)NCCCCC(N)C(=O)O. The van der Waals surface area contributed by atoms with Gasteiger partial charge in [0.25, 0.3) is 0 Å². The molecular weight excluding hydrogens is 202 g/mol. The second-order valence-corrected chi connectivity index (χ2v) is 3.94. The van der Waals surface area contributed by atoms with Crippen molar-refractivity contribution in [3.05, 3.63) is 0 Å². The summed E-state index contributed by atoms with van der Waals surface area (Å²) in [7, 11) is 1.94. The zero-order valence-corrected chi connectivity index (χ0v) is 9.51. The number of nitrogens with zero attached hydrogens (tertiary/aromatic N) is 1. The fourth-order valence-electron chi connectivity index (χ4n) is 0.914. The van der Waals surface area contributed by atoms with E-state index in [4.69, 9.17) is 10.8 Å². The molecule has 5 nitrogen and oxygen atoms in total. The summed E-state index contributed by atoms with van der Waals surface area (Å²) in [6.45, 7) is 0.851. The van der Waals surface area contributed by atoms with Crippen LogP contribution in [-0.2, 0) is 4.79 Å². The fourth-order valence-corrected chi connectivity index (χ4v) is 1.13. The highest BCUT2D eigenvalue weighted by molar-refractivity contribution is 7.96. The van der Waals surface area contributed by atoms with Crippen LogP contribution in [0.4, 0.5) is 0 Å². The van der Waals surface area contributed by atoms with Crippen LogP contribution in [0, 0.1) is 0 Å². The lowest BCUT2D eigenvalue weighted by Gasteiger charge is -2.14. The maximum Gasteiger partial charge on any atom is 0.320 e. The van der Waals surface area contributed by atoms with Crippen molar-refractivity contribution < 1.29 is 9.90 Å². The first-order valence-electron chi connectivity index (χ1n) is 4.57. The van der Waals surface area contributed by atoms with E-state index < -0.39 is 12.0 Å². The fraction of sp³-hybridized carbons (Fsp3) is 0.875. The zero-order chi connectivity index (χ0) is 11.0. The Hall–Kier alpha value is -0.300. The molecule has 0 amide bonds. The van der Waals surface area contributed by atoms with Crippen LogP contribution in [0.15, 0.2) is 0 Å². The molecule has 0 aromatic carbocycles. The number of nitrogens with two attached hydrogens (primary N) is 1. The Morgan fingerprint density at radius 2 is 2.29 bits per heavy atom. The Morgan fingerprint density at radius 3 is 2.79 bits per heavy atom. The molecule has 0 saturated heterocycles. The summed E-state index contributed by atoms with van der Waals surface area (Å²) in [6.07, 6.45) is 4.29. The molecule has 0 aliphatic carbocycles. The standard InChI is InChI=1S/C8H19N3O2S/c1-11(14-2)10-6-4-3-5-7(9)8(12)13/h7,10H,3-6,9H2,1-2H3,(H,12,13). The highest BCUT2D eigenvalue weighted by Crippen LogP contribution is 2.00. The third-order valence-electron chi connectivity index (χ3n) is 1.87. The van der Waals surface area contributed by atoms with Crippen LogP contribution < -0.4 is 11.2 Å². The molecule has 84 valence electrons. The molecule has 1 unspecified atom stereocenters. The van der Waals surface area contributed by atoms with Gasteiger partial charge in [-0.1, -0.05) is 11.9 Å². The second kappa shape index (κ2) is 8.05. The molecule has 0 rings (SSSR count). The van der Waals surface area contributed by atoms with Crippen molar-refractivity contribution in [2.45, 2.75) is 25.3 Å². The molecule has 0 heterocycles. The molecule has 0 saturated carbocycles. The Kier molecular flexibility index (Phi) is 7.87. The van der Waals surface area contributed by atoms with Gasteiger partial charge in [0.2, 0.25) is 0 Å². The van der Waals surface area contributed by atoms with Crippen molar-refractivity contribution in [3.63, 3.8) is 0 Å². The first-order valence-corrected chi connectivity index (χ1v) is 5.75. The Balaban J connectivity index is 3.25. The quantitative estimate of drug-likeness (QED) is 0.310. The van der Waals surface area contributed by atoms with Gasteiger partial charge in [-0.05, 0) is 25.5 Å². The molecule has 0 aliphatic heterocycles. The van der Waals surface area contributed by atoms with Gasteiger partial charge < -0.3 is 10.8 Å². The van der Waals surface area contributed by atoms with Crippen molar-refractivity contribution in [2.24, 2.45) is 5.73 Å². The van der Waals surface area contributed by atoms with Gasteiger partial charge in [-0.2, -0.15) is 4.41 Å². The smallest absolute Gasteiger partial charge is 0.320 e. The van der Waals surface area contributed by atoms with Gasteiger partial charge in [-0.15, -0.1) is 0 Å². The summed E-state index contributed by atoms with van der Waals surface area (Å²) in [6, 6.07) is -0.715. The first-order chi connectivity index (χ1) is 6.57. The molecule has 0 spiro atoms. The van der Waals surface area contributed by atoms with Crippen molar-refractivity contribution in [3.8, 4) is 0 Å². The predicted molar refractivity (Wildman–Crippen MR) is 58.7 cm³/mol. The number of nitrogens with one attached hydrogen (secondary N) is 1. The minimum absolute atomic E-state index is 0.542. The molecule has 4 N–H and O–H groups in total. The van der Waals surface area contributed by atoms with Crippen LogP contribution in [0.25, 0.3) is 0 Å². The summed E-state index contributed by atoms with van der Waals surface area (Å²) in [5.74, 6) is -0.917. The monoisotopic (exact) mass is 221 g/mol. The summed E-state index contributed by atoms with van der Waals surface area (Å²) >= 11 is 1.60. The lowest BCUT2D eigenvalue weighted by atomic mass is 10.1. The summed E-state index contributed by atoms with van der Waals surface area (Å²) in [4.78, 5) is 10.4. The van der Waals surface area contributed by atoms with Gasteiger partial charge in [0.15, 0.2) is 0 Å². The van der Waals surface area contributed by atoms with E-state index in [2.05, 4.69) is 5.43 Å². The van der Waals surface area contributed by atoms with E-state index >= 15 is 0 Å². The van der Waals surface area contributed by atoms with Gasteiger partial charge in [0.05, 0.1) is 0 Å². The van der Waals surface area contributed by atoms with E-state index in [0.717, 1.165) is 19.4 Å². The topological polar surface area (TPSA) is 78.6 Å². The van der Waals surface area contributed by atoms with Crippen molar-refractivity contribution >= 4 is 17.9 Å². The molecule has 0 bridgehead atoms. The largest absolute Gasteiger partial charge is 0.480 e. The lowest BCUT2D eigenvalue weighted by Crippen LogP contribution is -2.31. The highest BCUT2D eigenvalue weighted by Gasteiger charge is 2.09. The Bertz CT molecular complexity index is 169. The minimum atomic E-state index is -0.917. The van der Waals surface area contributed by atoms with Crippen molar-refractivity contribution in [2.75, 3.05) is 19.8 Å². The van der Waals surface area contributed by atoms with E-state index in [1.807, 2.05) is 17.7 Å². The number of unbranched alkanes of at least 4 members (excludes halogenated alkanes) is 1. The Morgan fingerprint density at radius 1 is 1.64 bits per heavy atom. The van der Waals surface area contributed by atoms with Crippen LogP contribution in [0.5, 0.6) is 0 Å². The molecule has 1 atom stereocenters. The maximum atomic E-state index is 10.4. The normalized spacial score (nSPS) is 13.1. The van der Waals surface area contributed by atoms with Crippen LogP contribution in [0.1, 0.15) is 19.3 Å². The third kappa shape index (κ3) is 7.14. The minimum Gasteiger partial charge on any atom is -0.480 e. The predicted octanol–water partition coefficient (Wildman–Crippen LogP) is 0.283. The number of carbonyl (C=O) groups is 1. The molecule has 0 fully saturated rings. The second-order valence-electron chi connectivity index (χ2n) is 3.03. The van der Waals surface area contributed by atoms with E-state index in [1.54, 1.807) is 11.9 Å². The van der Waals surface area contributed by atoms with E-state index in [-0.39, 0.29) is 0 Å². The molecule has 0 radical (unpaired) electrons. The highest BCUT2D eigenvalue weighted by atomic mass is 32.2. The number of carboxylic acids is 1. The average Bonchev–Trinajstić information content (AvgIpc) is 2.16. The average molecular weight is 221 g/mol. The number of carboxylic acid groups (broad SMARTS) is 1. The van der Waals surface area contributed by atoms with Crippen LogP contribution >= 0.6 is 11.9 Å². The lowest BCUT2D eigenvalue weighted by molar-refractivity contribution is -0.138. The van der Waals surface area contributed by atoms with Crippen molar-refractivity contribution in [1.82, 2.24) is 9.84 Å². The van der Waals surface area contributed by atoms with Gasteiger partial charge in [0, 0.05) is 13.6 Å². The molecule has 0 aromatic rings. The third-order valence-corrected chi connectivity index (χ3v) is 2.54. The Labute approximate surface area is 89.1 Å². The maximum absolute atomic E-state index is 10.4. The number of hydrogen-bond acceptors (Lipinski definition) is 5. The van der Waals surface area contributed by atoms with Gasteiger partial charge in [-0.25, -0.2) is 5.43 Å². The molecule has 0 aliphatic rings. The van der Waals surface area contributed by atoms with E-state index in [0.29, 0.717) is 6.42 Å². The first kappa shape index (κ1) is 13.7. The van der Waals surface area contributed by atoms with E-state index in [9.17, 15) is 4.79 Å².